The van der Waals surface area contributed by atoms with Crippen molar-refractivity contribution in [2.75, 3.05) is 13.1 Å². The van der Waals surface area contributed by atoms with Crippen molar-refractivity contribution < 1.29 is 15.0 Å². The quantitative estimate of drug-likeness (QED) is 0.762. The number of aliphatic hydroxyl groups excluding tert-OH is 1. The number of piperidine rings is 1. The minimum atomic E-state index is -0.728. The molecule has 0 aromatic rings. The van der Waals surface area contributed by atoms with Gasteiger partial charge in [0.05, 0.1) is 6.10 Å². The van der Waals surface area contributed by atoms with Crippen LogP contribution in [0, 0.1) is 11.8 Å². The van der Waals surface area contributed by atoms with Crippen molar-refractivity contribution in [3.63, 3.8) is 0 Å². The average molecular weight is 241 g/mol. The van der Waals surface area contributed by atoms with Gasteiger partial charge in [-0.3, -0.25) is 9.69 Å². The monoisotopic (exact) mass is 241 g/mol. The van der Waals surface area contributed by atoms with Crippen molar-refractivity contribution in [3.8, 4) is 0 Å². The van der Waals surface area contributed by atoms with Gasteiger partial charge in [-0.2, -0.15) is 0 Å². The first-order valence-electron chi connectivity index (χ1n) is 6.76. The smallest absolute Gasteiger partial charge is 0.320 e. The van der Waals surface area contributed by atoms with Crippen LogP contribution in [-0.2, 0) is 4.79 Å². The maximum absolute atomic E-state index is 11.1. The molecule has 1 saturated heterocycles. The summed E-state index contributed by atoms with van der Waals surface area (Å²) in [4.78, 5) is 13.2. The molecule has 17 heavy (non-hydrogen) atoms. The summed E-state index contributed by atoms with van der Waals surface area (Å²) in [7, 11) is 0. The number of hydrogen-bond donors (Lipinski definition) is 2. The summed E-state index contributed by atoms with van der Waals surface area (Å²) in [6.45, 7) is 3.38. The normalized spacial score (nSPS) is 32.4. The van der Waals surface area contributed by atoms with E-state index in [0.29, 0.717) is 13.0 Å². The maximum atomic E-state index is 11.1. The summed E-state index contributed by atoms with van der Waals surface area (Å²) in [6, 6.07) is -0.371. The molecule has 0 amide bonds. The standard InChI is InChI=1S/C13H23NO3/c1-2-11(13(16)17)14-6-5-12(15)10(8-14)7-9-3-4-9/h9-12,15H,2-8H2,1H3,(H,16,17)/t10-,11+,12+/m0/s1. The zero-order valence-electron chi connectivity index (χ0n) is 10.5. The number of carboxylic acid groups (broad SMARTS) is 1. The molecular formula is C13H23NO3. The van der Waals surface area contributed by atoms with Gasteiger partial charge in [-0.1, -0.05) is 19.8 Å². The molecule has 3 atom stereocenters. The molecule has 0 aromatic heterocycles. The van der Waals surface area contributed by atoms with Crippen LogP contribution in [0.1, 0.15) is 39.0 Å². The van der Waals surface area contributed by atoms with Gasteiger partial charge in [0.1, 0.15) is 6.04 Å². The maximum Gasteiger partial charge on any atom is 0.320 e. The van der Waals surface area contributed by atoms with Gasteiger partial charge in [-0.15, -0.1) is 0 Å². The fraction of sp³-hybridized carbons (Fsp3) is 0.923. The van der Waals surface area contributed by atoms with E-state index >= 15 is 0 Å². The largest absolute Gasteiger partial charge is 0.480 e. The first-order chi connectivity index (χ1) is 8.11. The third kappa shape index (κ3) is 3.19. The Kier molecular flexibility index (Phi) is 4.05. The Morgan fingerprint density at radius 2 is 2.12 bits per heavy atom. The van der Waals surface area contributed by atoms with E-state index in [-0.39, 0.29) is 18.1 Å². The van der Waals surface area contributed by atoms with Crippen LogP contribution in [0.3, 0.4) is 0 Å². The van der Waals surface area contributed by atoms with E-state index in [1.54, 1.807) is 0 Å². The van der Waals surface area contributed by atoms with Crippen LogP contribution in [0.15, 0.2) is 0 Å². The minimum absolute atomic E-state index is 0.224. The first-order valence-corrected chi connectivity index (χ1v) is 6.76. The van der Waals surface area contributed by atoms with Gasteiger partial charge in [-0.05, 0) is 31.1 Å². The van der Waals surface area contributed by atoms with Gasteiger partial charge in [0.25, 0.3) is 0 Å². The van der Waals surface area contributed by atoms with E-state index in [1.165, 1.54) is 12.8 Å². The molecule has 0 bridgehead atoms. The lowest BCUT2D eigenvalue weighted by Gasteiger charge is -2.39. The Balaban J connectivity index is 1.93. The van der Waals surface area contributed by atoms with Crippen LogP contribution in [0.5, 0.6) is 0 Å². The lowest BCUT2D eigenvalue weighted by molar-refractivity contribution is -0.145. The second kappa shape index (κ2) is 5.36. The molecule has 0 radical (unpaired) electrons. The van der Waals surface area contributed by atoms with Crippen molar-refractivity contribution in [2.24, 2.45) is 11.8 Å². The van der Waals surface area contributed by atoms with Crippen molar-refractivity contribution in [1.82, 2.24) is 4.90 Å². The van der Waals surface area contributed by atoms with Gasteiger partial charge >= 0.3 is 5.97 Å². The van der Waals surface area contributed by atoms with Gasteiger partial charge in [0, 0.05) is 13.1 Å². The van der Waals surface area contributed by atoms with E-state index in [0.717, 1.165) is 25.3 Å². The Labute approximate surface area is 103 Å². The highest BCUT2D eigenvalue weighted by molar-refractivity contribution is 5.73. The fourth-order valence-corrected chi connectivity index (χ4v) is 2.93. The molecule has 2 aliphatic rings. The molecule has 1 aliphatic heterocycles. The number of aliphatic hydroxyl groups is 1. The van der Waals surface area contributed by atoms with Crippen LogP contribution in [0.2, 0.25) is 0 Å². The number of rotatable bonds is 5. The third-order valence-electron chi connectivity index (χ3n) is 4.17. The molecule has 0 spiro atoms. The summed E-state index contributed by atoms with van der Waals surface area (Å²) < 4.78 is 0. The second-order valence-electron chi connectivity index (χ2n) is 5.55. The molecule has 2 N–H and O–H groups in total. The fourth-order valence-electron chi connectivity index (χ4n) is 2.93. The molecule has 98 valence electrons. The summed E-state index contributed by atoms with van der Waals surface area (Å²) in [6.07, 6.45) is 4.80. The molecular weight excluding hydrogens is 218 g/mol. The molecule has 4 nitrogen and oxygen atoms in total. The highest BCUT2D eigenvalue weighted by atomic mass is 16.4. The molecule has 0 aromatic carbocycles. The van der Waals surface area contributed by atoms with E-state index < -0.39 is 5.97 Å². The molecule has 4 heteroatoms. The van der Waals surface area contributed by atoms with Crippen molar-refractivity contribution in [2.45, 2.75) is 51.2 Å². The van der Waals surface area contributed by atoms with Crippen LogP contribution in [0.4, 0.5) is 0 Å². The summed E-state index contributed by atoms with van der Waals surface area (Å²) in [5, 5.41) is 19.2. The Hall–Kier alpha value is -0.610. The Bertz CT molecular complexity index is 278. The summed E-state index contributed by atoms with van der Waals surface area (Å²) in [5.41, 5.74) is 0. The molecule has 1 heterocycles. The number of nitrogens with zero attached hydrogens (tertiary/aromatic N) is 1. The Morgan fingerprint density at radius 3 is 2.65 bits per heavy atom. The lowest BCUT2D eigenvalue weighted by Crippen LogP contribution is -2.50. The SMILES string of the molecule is CC[C@H](C(=O)O)N1CC[C@@H](O)[C@@H](CC2CC2)C1. The van der Waals surface area contributed by atoms with Gasteiger partial charge in [-0.25, -0.2) is 0 Å². The highest BCUT2D eigenvalue weighted by Gasteiger charge is 2.36. The Morgan fingerprint density at radius 1 is 1.41 bits per heavy atom. The lowest BCUT2D eigenvalue weighted by atomic mass is 9.89. The zero-order chi connectivity index (χ0) is 12.4. The first kappa shape index (κ1) is 12.8. The van der Waals surface area contributed by atoms with Gasteiger partial charge < -0.3 is 10.2 Å². The molecule has 2 fully saturated rings. The van der Waals surface area contributed by atoms with Crippen molar-refractivity contribution in [3.05, 3.63) is 0 Å². The topological polar surface area (TPSA) is 60.8 Å². The molecule has 1 aliphatic carbocycles. The van der Waals surface area contributed by atoms with E-state index in [9.17, 15) is 9.90 Å². The predicted octanol–water partition coefficient (Wildman–Crippen LogP) is 1.33. The van der Waals surface area contributed by atoms with E-state index in [1.807, 2.05) is 11.8 Å². The van der Waals surface area contributed by atoms with E-state index in [4.69, 9.17) is 5.11 Å². The van der Waals surface area contributed by atoms with Crippen LogP contribution < -0.4 is 0 Å². The predicted molar refractivity (Wildman–Crippen MR) is 64.7 cm³/mol. The van der Waals surface area contributed by atoms with Crippen LogP contribution >= 0.6 is 0 Å². The number of aliphatic carboxylic acids is 1. The zero-order valence-corrected chi connectivity index (χ0v) is 10.5. The minimum Gasteiger partial charge on any atom is -0.480 e. The number of likely N-dealkylation sites (tertiary alicyclic amines) is 1. The summed E-state index contributed by atoms with van der Waals surface area (Å²) in [5.74, 6) is 0.346. The number of hydrogen-bond acceptors (Lipinski definition) is 3. The number of carboxylic acids is 1. The number of carbonyl (C=O) groups is 1. The van der Waals surface area contributed by atoms with E-state index in [2.05, 4.69) is 0 Å². The average Bonchev–Trinajstić information content (AvgIpc) is 3.07. The summed E-state index contributed by atoms with van der Waals surface area (Å²) >= 11 is 0. The van der Waals surface area contributed by atoms with Crippen LogP contribution in [-0.4, -0.2) is 46.3 Å². The second-order valence-corrected chi connectivity index (χ2v) is 5.55. The molecule has 2 rings (SSSR count). The van der Waals surface area contributed by atoms with Crippen molar-refractivity contribution >= 4 is 5.97 Å². The highest BCUT2D eigenvalue weighted by Crippen LogP contribution is 2.38. The molecule has 0 unspecified atom stereocenters. The van der Waals surface area contributed by atoms with Crippen molar-refractivity contribution in [1.29, 1.82) is 0 Å². The van der Waals surface area contributed by atoms with Gasteiger partial charge in [0.15, 0.2) is 0 Å². The third-order valence-corrected chi connectivity index (χ3v) is 4.17. The molecule has 1 saturated carbocycles. The van der Waals surface area contributed by atoms with Gasteiger partial charge in [0.2, 0.25) is 0 Å². The van der Waals surface area contributed by atoms with Crippen LogP contribution in [0.25, 0.3) is 0 Å².